The van der Waals surface area contributed by atoms with Crippen molar-refractivity contribution >= 4 is 29.2 Å². The summed E-state index contributed by atoms with van der Waals surface area (Å²) in [5, 5.41) is 15.7. The van der Waals surface area contributed by atoms with Crippen LogP contribution < -0.4 is 20.1 Å². The summed E-state index contributed by atoms with van der Waals surface area (Å²) in [6, 6.07) is 11.3. The number of nitrogens with one attached hydrogen (secondary N) is 2. The molecule has 4 amide bonds. The van der Waals surface area contributed by atoms with Gasteiger partial charge in [0, 0.05) is 56.9 Å². The van der Waals surface area contributed by atoms with Crippen LogP contribution in [-0.4, -0.2) is 116 Å². The number of benzene rings is 2. The highest BCUT2D eigenvalue weighted by molar-refractivity contribution is 6.00. The average Bonchev–Trinajstić information content (AvgIpc) is 3.02. The number of anilines is 2. The third-order valence-corrected chi connectivity index (χ3v) is 7.85. The second-order valence-corrected chi connectivity index (χ2v) is 11.1. The SMILES string of the molecule is COc1ccc(NC(=O)N(C)C[C@@H]2Oc3ccc(NC(=O)CCN4CCOCC4)cc3C(=O)N([C@H](C)CO)C[C@H]2C)cc1. The maximum Gasteiger partial charge on any atom is 0.321 e. The van der Waals surface area contributed by atoms with Gasteiger partial charge in [0.25, 0.3) is 5.91 Å². The number of fused-ring (bicyclic) bond motifs is 1. The topological polar surface area (TPSA) is 133 Å². The quantitative estimate of drug-likeness (QED) is 0.381. The normalized spacial score (nSPS) is 19.7. The predicted octanol–water partition coefficient (Wildman–Crippen LogP) is 2.74. The Balaban J connectivity index is 1.48. The van der Waals surface area contributed by atoms with Gasteiger partial charge < -0.3 is 39.8 Å². The molecule has 2 aliphatic rings. The molecule has 2 aliphatic heterocycles. The van der Waals surface area contributed by atoms with Crippen LogP contribution in [-0.2, 0) is 9.53 Å². The minimum atomic E-state index is -0.458. The summed E-state index contributed by atoms with van der Waals surface area (Å²) in [5.41, 5.74) is 1.40. The van der Waals surface area contributed by atoms with Gasteiger partial charge in [-0.1, -0.05) is 6.92 Å². The van der Waals surface area contributed by atoms with Crippen LogP contribution in [0.1, 0.15) is 30.6 Å². The number of morpholine rings is 1. The highest BCUT2D eigenvalue weighted by Gasteiger charge is 2.34. The summed E-state index contributed by atoms with van der Waals surface area (Å²) in [6.07, 6.45) is -0.138. The molecule has 3 atom stereocenters. The summed E-state index contributed by atoms with van der Waals surface area (Å²) in [4.78, 5) is 44.8. The van der Waals surface area contributed by atoms with Crippen LogP contribution in [0, 0.1) is 5.92 Å². The molecule has 1 saturated heterocycles. The van der Waals surface area contributed by atoms with Crippen LogP contribution in [0.5, 0.6) is 11.5 Å². The standard InChI is InChI=1S/C31H43N5O7/c1-21-18-36(22(2)20-37)30(39)26-17-24(32-29(38)11-12-35-13-15-42-16-14-35)7-10-27(26)43-28(21)19-34(3)31(40)33-23-5-8-25(41-4)9-6-23/h5-10,17,21-22,28,37H,11-16,18-20H2,1-4H3,(H,32,38)(H,33,40)/t21-,22-,28+/m1/s1. The molecule has 0 aliphatic carbocycles. The molecule has 43 heavy (non-hydrogen) atoms. The molecule has 0 radical (unpaired) electrons. The van der Waals surface area contributed by atoms with Crippen LogP contribution >= 0.6 is 0 Å². The summed E-state index contributed by atoms with van der Waals surface area (Å²) in [7, 11) is 3.26. The van der Waals surface area contributed by atoms with Crippen molar-refractivity contribution in [1.82, 2.24) is 14.7 Å². The Labute approximate surface area is 252 Å². The van der Waals surface area contributed by atoms with E-state index in [0.717, 1.165) is 13.1 Å². The van der Waals surface area contributed by atoms with Crippen molar-refractivity contribution < 1.29 is 33.7 Å². The van der Waals surface area contributed by atoms with Crippen molar-refractivity contribution in [3.05, 3.63) is 48.0 Å². The Bertz CT molecular complexity index is 1250. The lowest BCUT2D eigenvalue weighted by atomic mass is 9.99. The zero-order valence-corrected chi connectivity index (χ0v) is 25.4. The molecule has 2 aromatic rings. The minimum absolute atomic E-state index is 0.151. The summed E-state index contributed by atoms with van der Waals surface area (Å²) >= 11 is 0. The van der Waals surface area contributed by atoms with E-state index in [4.69, 9.17) is 14.2 Å². The van der Waals surface area contributed by atoms with Gasteiger partial charge in [0.1, 0.15) is 17.6 Å². The molecule has 0 spiro atoms. The number of nitrogens with zero attached hydrogens (tertiary/aromatic N) is 3. The first kappa shape index (κ1) is 32.1. The molecule has 4 rings (SSSR count). The molecule has 2 aromatic carbocycles. The van der Waals surface area contributed by atoms with Crippen LogP contribution in [0.2, 0.25) is 0 Å². The summed E-state index contributed by atoms with van der Waals surface area (Å²) in [6.45, 7) is 7.66. The smallest absolute Gasteiger partial charge is 0.321 e. The number of aliphatic hydroxyl groups excluding tert-OH is 1. The first-order valence-electron chi connectivity index (χ1n) is 14.7. The molecule has 0 aromatic heterocycles. The summed E-state index contributed by atoms with van der Waals surface area (Å²) < 4.78 is 16.9. The molecule has 12 nitrogen and oxygen atoms in total. The highest BCUT2D eigenvalue weighted by Crippen LogP contribution is 2.31. The average molecular weight is 598 g/mol. The molecule has 1 fully saturated rings. The Kier molecular flexibility index (Phi) is 11.2. The number of carbonyl (C=O) groups is 3. The number of hydrogen-bond acceptors (Lipinski definition) is 8. The van der Waals surface area contributed by atoms with Gasteiger partial charge in [-0.15, -0.1) is 0 Å². The van der Waals surface area contributed by atoms with E-state index in [1.165, 1.54) is 4.90 Å². The molecule has 234 valence electrons. The Morgan fingerprint density at radius 3 is 2.49 bits per heavy atom. The van der Waals surface area contributed by atoms with E-state index in [-0.39, 0.29) is 42.5 Å². The van der Waals surface area contributed by atoms with Gasteiger partial charge in [0.15, 0.2) is 0 Å². The summed E-state index contributed by atoms with van der Waals surface area (Å²) in [5.74, 6) is 0.432. The van der Waals surface area contributed by atoms with Gasteiger partial charge in [-0.2, -0.15) is 0 Å². The predicted molar refractivity (Wildman–Crippen MR) is 163 cm³/mol. The van der Waals surface area contributed by atoms with Gasteiger partial charge in [0.2, 0.25) is 5.91 Å². The fourth-order valence-corrected chi connectivity index (χ4v) is 5.07. The van der Waals surface area contributed by atoms with Crippen molar-refractivity contribution in [1.29, 1.82) is 0 Å². The second kappa shape index (κ2) is 15.0. The van der Waals surface area contributed by atoms with Gasteiger partial charge >= 0.3 is 6.03 Å². The lowest BCUT2D eigenvalue weighted by Gasteiger charge is -2.38. The highest BCUT2D eigenvalue weighted by atomic mass is 16.5. The molecular formula is C31H43N5O7. The monoisotopic (exact) mass is 597 g/mol. The fraction of sp³-hybridized carbons (Fsp3) is 0.516. The van der Waals surface area contributed by atoms with Crippen LogP contribution in [0.3, 0.4) is 0 Å². The Morgan fingerprint density at radius 1 is 1.12 bits per heavy atom. The van der Waals surface area contributed by atoms with Gasteiger partial charge in [0.05, 0.1) is 45.1 Å². The van der Waals surface area contributed by atoms with Crippen molar-refractivity contribution in [2.75, 3.05) is 77.3 Å². The first-order valence-corrected chi connectivity index (χ1v) is 14.7. The molecule has 0 saturated carbocycles. The van der Waals surface area contributed by atoms with Crippen LogP contribution in [0.25, 0.3) is 0 Å². The molecular weight excluding hydrogens is 554 g/mol. The second-order valence-electron chi connectivity index (χ2n) is 11.1. The third-order valence-electron chi connectivity index (χ3n) is 7.85. The maximum atomic E-state index is 13.7. The maximum absolute atomic E-state index is 13.7. The minimum Gasteiger partial charge on any atom is -0.497 e. The number of methoxy groups -OCH3 is 1. The number of rotatable bonds is 10. The molecule has 0 bridgehead atoms. The number of urea groups is 1. The third kappa shape index (κ3) is 8.59. The van der Waals surface area contributed by atoms with Gasteiger partial charge in [-0.05, 0) is 49.4 Å². The van der Waals surface area contributed by atoms with Crippen LogP contribution in [0.15, 0.2) is 42.5 Å². The first-order chi connectivity index (χ1) is 20.7. The number of hydrogen-bond donors (Lipinski definition) is 3. The number of ether oxygens (including phenoxy) is 3. The van der Waals surface area contributed by atoms with E-state index in [9.17, 15) is 19.5 Å². The molecule has 2 heterocycles. The van der Waals surface area contributed by atoms with Crippen molar-refractivity contribution in [3.8, 4) is 11.5 Å². The number of aliphatic hydroxyl groups is 1. The fourth-order valence-electron chi connectivity index (χ4n) is 5.07. The number of amides is 4. The lowest BCUT2D eigenvalue weighted by molar-refractivity contribution is -0.116. The van der Waals surface area contributed by atoms with Gasteiger partial charge in [-0.3, -0.25) is 14.5 Å². The van der Waals surface area contributed by atoms with E-state index in [0.29, 0.717) is 55.6 Å². The number of likely N-dealkylation sites (N-methyl/N-ethyl adjacent to an activating group) is 1. The van der Waals surface area contributed by atoms with Crippen LogP contribution in [0.4, 0.5) is 16.2 Å². The van der Waals surface area contributed by atoms with E-state index in [2.05, 4.69) is 15.5 Å². The largest absolute Gasteiger partial charge is 0.497 e. The molecule has 12 heteroatoms. The van der Waals surface area contributed by atoms with Crippen molar-refractivity contribution in [3.63, 3.8) is 0 Å². The Morgan fingerprint density at radius 2 is 1.81 bits per heavy atom. The van der Waals surface area contributed by atoms with Gasteiger partial charge in [-0.25, -0.2) is 4.79 Å². The Hall–Kier alpha value is -3.87. The van der Waals surface area contributed by atoms with E-state index < -0.39 is 12.1 Å². The zero-order chi connectivity index (χ0) is 30.9. The van der Waals surface area contributed by atoms with E-state index in [1.807, 2.05) is 6.92 Å². The number of carbonyl (C=O) groups excluding carboxylic acids is 3. The van der Waals surface area contributed by atoms with Crippen molar-refractivity contribution in [2.45, 2.75) is 32.4 Å². The lowest BCUT2D eigenvalue weighted by Crippen LogP contribution is -2.50. The van der Waals surface area contributed by atoms with E-state index >= 15 is 0 Å². The molecule has 0 unspecified atom stereocenters. The zero-order valence-electron chi connectivity index (χ0n) is 25.4. The van der Waals surface area contributed by atoms with E-state index in [1.54, 1.807) is 68.4 Å². The molecule has 3 N–H and O–H groups in total. The van der Waals surface area contributed by atoms with Crippen molar-refractivity contribution in [2.24, 2.45) is 5.92 Å².